The van der Waals surface area contributed by atoms with Crippen molar-refractivity contribution in [2.45, 2.75) is 12.3 Å². The maximum Gasteiger partial charge on any atom is 0.0176 e. The average Bonchev–Trinajstić information content (AvgIpc) is 2.43. The first kappa shape index (κ1) is 14.5. The quantitative estimate of drug-likeness (QED) is 0.864. The number of rotatable bonds is 5. The number of benzene rings is 1. The third-order valence-electron chi connectivity index (χ3n) is 4.21. The molecule has 3 nitrogen and oxygen atoms in total. The fourth-order valence-corrected chi connectivity index (χ4v) is 2.98. The van der Waals surface area contributed by atoms with E-state index in [9.17, 15) is 0 Å². The van der Waals surface area contributed by atoms with E-state index in [1.54, 1.807) is 0 Å². The van der Waals surface area contributed by atoms with Crippen LogP contribution in [0.3, 0.4) is 0 Å². The molecule has 1 aliphatic heterocycles. The summed E-state index contributed by atoms with van der Waals surface area (Å²) in [6.45, 7) is 9.26. The Morgan fingerprint density at radius 3 is 2.32 bits per heavy atom. The van der Waals surface area contributed by atoms with Gasteiger partial charge in [-0.3, -0.25) is 4.90 Å². The second kappa shape index (κ2) is 6.51. The Bertz CT molecular complexity index is 371. The number of nitrogens with zero attached hydrogens (tertiary/aromatic N) is 2. The minimum atomic E-state index is 0.186. The lowest BCUT2D eigenvalue weighted by Crippen LogP contribution is -2.51. The number of nitrogens with one attached hydrogen (secondary N) is 1. The molecule has 0 amide bonds. The zero-order valence-corrected chi connectivity index (χ0v) is 12.5. The summed E-state index contributed by atoms with van der Waals surface area (Å²) in [4.78, 5) is 5.01. The molecule has 0 aromatic heterocycles. The molecule has 1 atom stereocenters. The Morgan fingerprint density at radius 1 is 1.11 bits per heavy atom. The molecule has 0 radical (unpaired) electrons. The van der Waals surface area contributed by atoms with Crippen molar-refractivity contribution in [3.05, 3.63) is 35.9 Å². The molecule has 1 aromatic carbocycles. The molecule has 0 saturated carbocycles. The zero-order valence-electron chi connectivity index (χ0n) is 12.5. The lowest BCUT2D eigenvalue weighted by molar-refractivity contribution is 0.128. The Morgan fingerprint density at radius 2 is 1.74 bits per heavy atom. The van der Waals surface area contributed by atoms with E-state index in [4.69, 9.17) is 0 Å². The van der Waals surface area contributed by atoms with Crippen LogP contribution in [-0.4, -0.2) is 63.2 Å². The molecule has 1 unspecified atom stereocenters. The van der Waals surface area contributed by atoms with Gasteiger partial charge in [-0.1, -0.05) is 37.3 Å². The third-order valence-corrected chi connectivity index (χ3v) is 4.21. The fourth-order valence-electron chi connectivity index (χ4n) is 2.98. The van der Waals surface area contributed by atoms with Crippen LogP contribution >= 0.6 is 0 Å². The van der Waals surface area contributed by atoms with E-state index in [0.717, 1.165) is 13.1 Å². The molecular weight excluding hydrogens is 234 g/mol. The molecule has 2 rings (SSSR count). The monoisotopic (exact) mass is 261 g/mol. The van der Waals surface area contributed by atoms with Crippen LogP contribution in [-0.2, 0) is 5.41 Å². The van der Waals surface area contributed by atoms with Crippen molar-refractivity contribution in [2.75, 3.05) is 53.4 Å². The smallest absolute Gasteiger partial charge is 0.0176 e. The molecule has 1 N–H and O–H groups in total. The molecule has 0 spiro atoms. The van der Waals surface area contributed by atoms with E-state index in [2.05, 4.69) is 59.4 Å². The van der Waals surface area contributed by atoms with Crippen LogP contribution in [0.5, 0.6) is 0 Å². The van der Waals surface area contributed by atoms with Gasteiger partial charge in [-0.25, -0.2) is 0 Å². The van der Waals surface area contributed by atoms with Crippen molar-refractivity contribution in [3.8, 4) is 0 Å². The molecule has 3 heteroatoms. The van der Waals surface area contributed by atoms with E-state index in [1.807, 2.05) is 7.05 Å². The first-order valence-electron chi connectivity index (χ1n) is 7.25. The Kier molecular flexibility index (Phi) is 4.97. The van der Waals surface area contributed by atoms with Crippen molar-refractivity contribution in [3.63, 3.8) is 0 Å². The number of likely N-dealkylation sites (N-methyl/N-ethyl adjacent to an activating group) is 2. The molecule has 19 heavy (non-hydrogen) atoms. The van der Waals surface area contributed by atoms with Gasteiger partial charge >= 0.3 is 0 Å². The topological polar surface area (TPSA) is 18.5 Å². The fraction of sp³-hybridized carbons (Fsp3) is 0.625. The first-order chi connectivity index (χ1) is 9.14. The van der Waals surface area contributed by atoms with E-state index in [1.165, 1.54) is 31.7 Å². The first-order valence-corrected chi connectivity index (χ1v) is 7.25. The molecule has 106 valence electrons. The molecule has 1 saturated heterocycles. The molecule has 1 heterocycles. The van der Waals surface area contributed by atoms with Crippen molar-refractivity contribution in [1.82, 2.24) is 15.1 Å². The second-order valence-corrected chi connectivity index (χ2v) is 6.04. The molecule has 1 fully saturated rings. The third kappa shape index (κ3) is 3.78. The molecule has 0 bridgehead atoms. The van der Waals surface area contributed by atoms with Gasteiger partial charge in [-0.2, -0.15) is 0 Å². The molecule has 0 aliphatic carbocycles. The normalized spacial score (nSPS) is 21.2. The van der Waals surface area contributed by atoms with Crippen LogP contribution in [0.25, 0.3) is 0 Å². The van der Waals surface area contributed by atoms with Gasteiger partial charge in [-0.05, 0) is 19.7 Å². The van der Waals surface area contributed by atoms with Crippen LogP contribution in [0.4, 0.5) is 0 Å². The van der Waals surface area contributed by atoms with Gasteiger partial charge in [0.15, 0.2) is 0 Å². The highest BCUT2D eigenvalue weighted by Crippen LogP contribution is 2.24. The summed E-state index contributed by atoms with van der Waals surface area (Å²) in [5.41, 5.74) is 1.62. The van der Waals surface area contributed by atoms with Gasteiger partial charge in [0.1, 0.15) is 0 Å². The van der Waals surface area contributed by atoms with Crippen molar-refractivity contribution in [2.24, 2.45) is 0 Å². The predicted octanol–water partition coefficient (Wildman–Crippen LogP) is 1.41. The summed E-state index contributed by atoms with van der Waals surface area (Å²) in [7, 11) is 4.26. The van der Waals surface area contributed by atoms with Crippen LogP contribution in [0.2, 0.25) is 0 Å². The second-order valence-electron chi connectivity index (χ2n) is 6.04. The minimum Gasteiger partial charge on any atom is -0.319 e. The highest BCUT2D eigenvalue weighted by molar-refractivity contribution is 5.25. The van der Waals surface area contributed by atoms with Crippen LogP contribution in [0.15, 0.2) is 30.3 Å². The summed E-state index contributed by atoms with van der Waals surface area (Å²) < 4.78 is 0. The van der Waals surface area contributed by atoms with E-state index in [-0.39, 0.29) is 5.41 Å². The van der Waals surface area contributed by atoms with Gasteiger partial charge in [0.25, 0.3) is 0 Å². The highest BCUT2D eigenvalue weighted by atomic mass is 15.2. The maximum atomic E-state index is 3.37. The minimum absolute atomic E-state index is 0.186. The molecule has 1 aliphatic rings. The van der Waals surface area contributed by atoms with Gasteiger partial charge in [-0.15, -0.1) is 0 Å². The van der Waals surface area contributed by atoms with E-state index >= 15 is 0 Å². The Hall–Kier alpha value is -0.900. The standard InChI is InChI=1S/C16H27N3/c1-16(13-17-2,15-7-5-4-6-8-15)14-19-11-9-18(3)10-12-19/h4-8,17H,9-14H2,1-3H3. The summed E-state index contributed by atoms with van der Waals surface area (Å²) in [5.74, 6) is 0. The maximum absolute atomic E-state index is 3.37. The van der Waals surface area contributed by atoms with E-state index in [0.29, 0.717) is 0 Å². The number of hydrogen-bond acceptors (Lipinski definition) is 3. The summed E-state index contributed by atoms with van der Waals surface area (Å²) in [6, 6.07) is 10.9. The van der Waals surface area contributed by atoms with Gasteiger partial charge in [0, 0.05) is 44.7 Å². The SMILES string of the molecule is CNCC(C)(CN1CCN(C)CC1)c1ccccc1. The summed E-state index contributed by atoms with van der Waals surface area (Å²) >= 11 is 0. The van der Waals surface area contributed by atoms with Gasteiger partial charge < -0.3 is 10.2 Å². The number of hydrogen-bond donors (Lipinski definition) is 1. The van der Waals surface area contributed by atoms with E-state index < -0.39 is 0 Å². The highest BCUT2D eigenvalue weighted by Gasteiger charge is 2.29. The van der Waals surface area contributed by atoms with Crippen molar-refractivity contribution in [1.29, 1.82) is 0 Å². The number of piperazine rings is 1. The van der Waals surface area contributed by atoms with Crippen molar-refractivity contribution >= 4 is 0 Å². The Balaban J connectivity index is 2.07. The lowest BCUT2D eigenvalue weighted by Gasteiger charge is -2.39. The average molecular weight is 261 g/mol. The lowest BCUT2D eigenvalue weighted by atomic mass is 9.81. The molecular formula is C16H27N3. The van der Waals surface area contributed by atoms with Crippen LogP contribution < -0.4 is 5.32 Å². The predicted molar refractivity (Wildman–Crippen MR) is 81.7 cm³/mol. The zero-order chi connectivity index (χ0) is 13.7. The van der Waals surface area contributed by atoms with Gasteiger partial charge in [0.05, 0.1) is 0 Å². The van der Waals surface area contributed by atoms with Crippen LogP contribution in [0, 0.1) is 0 Å². The van der Waals surface area contributed by atoms with Gasteiger partial charge in [0.2, 0.25) is 0 Å². The van der Waals surface area contributed by atoms with Crippen LogP contribution in [0.1, 0.15) is 12.5 Å². The largest absolute Gasteiger partial charge is 0.319 e. The Labute approximate surface area is 117 Å². The summed E-state index contributed by atoms with van der Waals surface area (Å²) in [5, 5.41) is 3.37. The van der Waals surface area contributed by atoms with Crippen molar-refractivity contribution < 1.29 is 0 Å². The molecule has 1 aromatic rings. The summed E-state index contributed by atoms with van der Waals surface area (Å²) in [6.07, 6.45) is 0.